The van der Waals surface area contributed by atoms with E-state index in [0.29, 0.717) is 31.2 Å². The van der Waals surface area contributed by atoms with Crippen LogP contribution >= 0.6 is 0 Å². The number of anilines is 1. The molecule has 0 atom stereocenters. The molecule has 2 aliphatic rings. The molecule has 20 heavy (non-hydrogen) atoms. The topological polar surface area (TPSA) is 70.7 Å². The highest BCUT2D eigenvalue weighted by atomic mass is 32.2. The van der Waals surface area contributed by atoms with E-state index in [1.807, 2.05) is 6.07 Å². The van der Waals surface area contributed by atoms with Crippen molar-refractivity contribution in [1.29, 1.82) is 0 Å². The van der Waals surface area contributed by atoms with Crippen molar-refractivity contribution in [2.75, 3.05) is 38.2 Å². The van der Waals surface area contributed by atoms with Crippen LogP contribution < -0.4 is 10.1 Å². The second-order valence-electron chi connectivity index (χ2n) is 5.04. The first-order valence-electron chi connectivity index (χ1n) is 6.87. The number of benzene rings is 1. The molecule has 2 N–H and O–H groups in total. The molecular weight excluding hydrogens is 278 g/mol. The summed E-state index contributed by atoms with van der Waals surface area (Å²) in [6, 6.07) is 5.27. The van der Waals surface area contributed by atoms with Crippen LogP contribution in [0.3, 0.4) is 0 Å². The molecule has 2 heterocycles. The lowest BCUT2D eigenvalue weighted by Crippen LogP contribution is -2.48. The molecule has 0 saturated carbocycles. The van der Waals surface area contributed by atoms with Gasteiger partial charge in [-0.25, -0.2) is 13.4 Å². The monoisotopic (exact) mass is 297 g/mol. The number of fused-ring (bicyclic) bond motifs is 1. The molecule has 1 fully saturated rings. The van der Waals surface area contributed by atoms with Crippen molar-refractivity contribution < 1.29 is 13.2 Å². The van der Waals surface area contributed by atoms with Gasteiger partial charge in [0.15, 0.2) is 0 Å². The average molecular weight is 297 g/mol. The molecule has 0 amide bonds. The second kappa shape index (κ2) is 5.69. The maximum absolute atomic E-state index is 12.4. The largest absolute Gasteiger partial charge is 0.385 e. The van der Waals surface area contributed by atoms with Gasteiger partial charge >= 0.3 is 0 Å². The summed E-state index contributed by atoms with van der Waals surface area (Å²) in [6.45, 7) is 3.20. The van der Waals surface area contributed by atoms with Gasteiger partial charge in [0.2, 0.25) is 0 Å². The molecule has 0 aliphatic carbocycles. The summed E-state index contributed by atoms with van der Waals surface area (Å²) < 4.78 is 30.0. The lowest BCUT2D eigenvalue weighted by atomic mass is 10.0. The van der Waals surface area contributed by atoms with E-state index >= 15 is 0 Å². The van der Waals surface area contributed by atoms with Gasteiger partial charge in [0.05, 0.1) is 18.1 Å². The fraction of sp³-hybridized carbons (Fsp3) is 0.538. The molecule has 6 nitrogen and oxygen atoms in total. The number of hydrogen-bond donors (Lipinski definition) is 2. The van der Waals surface area contributed by atoms with Gasteiger partial charge in [-0.3, -0.25) is 0 Å². The first kappa shape index (κ1) is 13.8. The van der Waals surface area contributed by atoms with Gasteiger partial charge in [-0.15, -0.1) is 4.83 Å². The van der Waals surface area contributed by atoms with E-state index in [2.05, 4.69) is 10.1 Å². The van der Waals surface area contributed by atoms with Gasteiger partial charge in [-0.1, -0.05) is 0 Å². The molecule has 3 rings (SSSR count). The quantitative estimate of drug-likeness (QED) is 0.853. The first-order chi connectivity index (χ1) is 9.65. The molecule has 0 bridgehead atoms. The molecular formula is C13H19N3O3S. The smallest absolute Gasteiger partial charge is 0.253 e. The molecule has 0 radical (unpaired) electrons. The Kier molecular flexibility index (Phi) is 3.93. The molecule has 110 valence electrons. The number of hydrazine groups is 1. The van der Waals surface area contributed by atoms with Crippen LogP contribution in [0.4, 0.5) is 5.69 Å². The number of aryl methyl sites for hydroxylation is 1. The van der Waals surface area contributed by atoms with E-state index < -0.39 is 10.0 Å². The highest BCUT2D eigenvalue weighted by Crippen LogP contribution is 2.24. The van der Waals surface area contributed by atoms with Crippen molar-refractivity contribution in [3.8, 4) is 0 Å². The number of sulfonamides is 1. The number of ether oxygens (including phenoxy) is 1. The van der Waals surface area contributed by atoms with Crippen LogP contribution in [0.15, 0.2) is 23.1 Å². The van der Waals surface area contributed by atoms with Crippen LogP contribution in [0.2, 0.25) is 0 Å². The highest BCUT2D eigenvalue weighted by molar-refractivity contribution is 7.89. The zero-order valence-electron chi connectivity index (χ0n) is 11.3. The minimum atomic E-state index is -3.50. The Morgan fingerprint density at radius 2 is 2.05 bits per heavy atom. The van der Waals surface area contributed by atoms with Crippen molar-refractivity contribution in [3.05, 3.63) is 23.8 Å². The van der Waals surface area contributed by atoms with Crippen LogP contribution in [0, 0.1) is 0 Å². The van der Waals surface area contributed by atoms with Crippen LogP contribution in [0.1, 0.15) is 12.0 Å². The summed E-state index contributed by atoms with van der Waals surface area (Å²) in [5.74, 6) is 0. The summed E-state index contributed by atoms with van der Waals surface area (Å²) in [4.78, 5) is 2.95. The zero-order chi connectivity index (χ0) is 14.0. The van der Waals surface area contributed by atoms with E-state index in [-0.39, 0.29) is 0 Å². The Balaban J connectivity index is 1.79. The van der Waals surface area contributed by atoms with Crippen molar-refractivity contribution >= 4 is 15.7 Å². The Hall–Kier alpha value is -1.15. The third kappa shape index (κ3) is 2.95. The molecule has 0 aromatic heterocycles. The predicted octanol–water partition coefficient (Wildman–Crippen LogP) is 0.570. The van der Waals surface area contributed by atoms with Crippen LogP contribution in [-0.2, 0) is 21.2 Å². The lowest BCUT2D eigenvalue weighted by molar-refractivity contribution is 0.0272. The maximum atomic E-state index is 12.4. The predicted molar refractivity (Wildman–Crippen MR) is 76.0 cm³/mol. The van der Waals surface area contributed by atoms with Gasteiger partial charge in [0.25, 0.3) is 10.0 Å². The Bertz CT molecular complexity index is 583. The van der Waals surface area contributed by atoms with Gasteiger partial charge < -0.3 is 10.1 Å². The summed E-state index contributed by atoms with van der Waals surface area (Å²) >= 11 is 0. The summed E-state index contributed by atoms with van der Waals surface area (Å²) in [5.41, 5.74) is 2.11. The Morgan fingerprint density at radius 3 is 2.85 bits per heavy atom. The van der Waals surface area contributed by atoms with Crippen molar-refractivity contribution in [2.24, 2.45) is 0 Å². The van der Waals surface area contributed by atoms with Gasteiger partial charge in [-0.2, -0.15) is 0 Å². The zero-order valence-corrected chi connectivity index (χ0v) is 12.1. The molecule has 2 aliphatic heterocycles. The summed E-state index contributed by atoms with van der Waals surface area (Å²) in [6.07, 6.45) is 1.96. The Morgan fingerprint density at radius 1 is 1.25 bits per heavy atom. The van der Waals surface area contributed by atoms with Gasteiger partial charge in [0, 0.05) is 25.3 Å². The van der Waals surface area contributed by atoms with Crippen LogP contribution in [-0.4, -0.2) is 46.3 Å². The molecule has 0 spiro atoms. The fourth-order valence-corrected chi connectivity index (χ4v) is 3.67. The van der Waals surface area contributed by atoms with E-state index in [9.17, 15) is 8.42 Å². The maximum Gasteiger partial charge on any atom is 0.253 e. The minimum absolute atomic E-state index is 0.325. The number of rotatable bonds is 3. The number of morpholine rings is 1. The minimum Gasteiger partial charge on any atom is -0.385 e. The third-order valence-corrected chi connectivity index (χ3v) is 4.96. The summed E-state index contributed by atoms with van der Waals surface area (Å²) in [5, 5.41) is 4.97. The summed E-state index contributed by atoms with van der Waals surface area (Å²) in [7, 11) is -3.50. The molecule has 1 saturated heterocycles. The van der Waals surface area contributed by atoms with E-state index in [1.54, 1.807) is 17.1 Å². The number of nitrogens with zero attached hydrogens (tertiary/aromatic N) is 1. The van der Waals surface area contributed by atoms with Gasteiger partial charge in [0.1, 0.15) is 0 Å². The molecule has 1 aromatic rings. The SMILES string of the molecule is O=S(=O)(NN1CCOCC1)c1ccc2c(c1)CCCN2. The van der Waals surface area contributed by atoms with E-state index in [1.165, 1.54) is 0 Å². The Labute approximate surface area is 119 Å². The van der Waals surface area contributed by atoms with E-state index in [0.717, 1.165) is 30.6 Å². The molecule has 7 heteroatoms. The average Bonchev–Trinajstić information content (AvgIpc) is 2.47. The molecule has 1 aromatic carbocycles. The van der Waals surface area contributed by atoms with Crippen LogP contribution in [0.25, 0.3) is 0 Å². The second-order valence-corrected chi connectivity index (χ2v) is 6.70. The number of nitrogens with one attached hydrogen (secondary N) is 2. The normalized spacial score (nSPS) is 20.2. The lowest BCUT2D eigenvalue weighted by Gasteiger charge is -2.27. The first-order valence-corrected chi connectivity index (χ1v) is 8.35. The van der Waals surface area contributed by atoms with Crippen molar-refractivity contribution in [1.82, 2.24) is 9.84 Å². The fourth-order valence-electron chi connectivity index (χ4n) is 2.50. The van der Waals surface area contributed by atoms with E-state index in [4.69, 9.17) is 4.74 Å². The molecule has 0 unspecified atom stereocenters. The highest BCUT2D eigenvalue weighted by Gasteiger charge is 2.21. The standard InChI is InChI=1S/C13H19N3O3S/c17-20(18,15-16-6-8-19-9-7-16)12-3-4-13-11(10-12)2-1-5-14-13/h3-4,10,14-15H,1-2,5-9H2. The van der Waals surface area contributed by atoms with Crippen LogP contribution in [0.5, 0.6) is 0 Å². The van der Waals surface area contributed by atoms with Crippen molar-refractivity contribution in [2.45, 2.75) is 17.7 Å². The van der Waals surface area contributed by atoms with Crippen molar-refractivity contribution in [3.63, 3.8) is 0 Å². The third-order valence-electron chi connectivity index (χ3n) is 3.59. The number of hydrogen-bond acceptors (Lipinski definition) is 5. The van der Waals surface area contributed by atoms with Gasteiger partial charge in [-0.05, 0) is 36.6 Å².